The highest BCUT2D eigenvalue weighted by atomic mass is 32.3. The fraction of sp³-hybridized carbons (Fsp3) is 0.875. The zero-order chi connectivity index (χ0) is 13.9. The lowest BCUT2D eigenvalue weighted by molar-refractivity contribution is -0.156. The molecular formula is C8H14NO8S-. The summed E-state index contributed by atoms with van der Waals surface area (Å²) in [5.74, 6) is -0.464. The van der Waals surface area contributed by atoms with Gasteiger partial charge in [0.1, 0.15) is 18.3 Å². The quantitative estimate of drug-likeness (QED) is 0.368. The Kier molecular flexibility index (Phi) is 5.01. The summed E-state index contributed by atoms with van der Waals surface area (Å²) in [7, 11) is -5.07. The van der Waals surface area contributed by atoms with Crippen molar-refractivity contribution in [3.8, 4) is 0 Å². The number of hydrogen-bond donors (Lipinski definition) is 3. The van der Waals surface area contributed by atoms with Gasteiger partial charge in [-0.1, -0.05) is 0 Å². The van der Waals surface area contributed by atoms with Crippen LogP contribution in [-0.2, 0) is 24.1 Å². The van der Waals surface area contributed by atoms with Crippen molar-refractivity contribution in [3.05, 3.63) is 0 Å². The lowest BCUT2D eigenvalue weighted by Crippen LogP contribution is -2.60. The van der Waals surface area contributed by atoms with Crippen molar-refractivity contribution in [2.45, 2.75) is 31.3 Å². The second-order valence-electron chi connectivity index (χ2n) is 3.82. The van der Waals surface area contributed by atoms with Gasteiger partial charge in [0, 0.05) is 6.92 Å². The molecule has 0 aromatic carbocycles. The summed E-state index contributed by atoms with van der Waals surface area (Å²) < 4.78 is 40.7. The highest BCUT2D eigenvalue weighted by Gasteiger charge is 2.41. The first kappa shape index (κ1) is 15.3. The Hall–Kier alpha value is -0.780. The topological polar surface area (TPSA) is 145 Å². The fourth-order valence-electron chi connectivity index (χ4n) is 1.67. The second-order valence-corrected chi connectivity index (χ2v) is 4.83. The number of aliphatic hydroxyl groups excluding tert-OH is 2. The third kappa shape index (κ3) is 4.15. The normalized spacial score (nSPS) is 33.1. The minimum atomic E-state index is -5.07. The molecule has 0 aliphatic carbocycles. The van der Waals surface area contributed by atoms with Crippen LogP contribution in [0.1, 0.15) is 6.92 Å². The molecule has 4 unspecified atom stereocenters. The molecule has 4 atom stereocenters. The summed E-state index contributed by atoms with van der Waals surface area (Å²) in [6, 6.07) is -0.919. The van der Waals surface area contributed by atoms with Gasteiger partial charge in [0.15, 0.2) is 0 Å². The highest BCUT2D eigenvalue weighted by molar-refractivity contribution is 7.80. The number of nitrogens with one attached hydrogen (secondary N) is 1. The number of carbonyl (C=O) groups is 1. The zero-order valence-electron chi connectivity index (χ0n) is 9.48. The Balaban J connectivity index is 2.82. The maximum absolute atomic E-state index is 10.9. The molecular weight excluding hydrogens is 270 g/mol. The second kappa shape index (κ2) is 5.91. The van der Waals surface area contributed by atoms with E-state index < -0.39 is 47.3 Å². The minimum absolute atomic E-state index is 0.134. The van der Waals surface area contributed by atoms with Gasteiger partial charge in [-0.2, -0.15) is 0 Å². The molecule has 1 rings (SSSR count). The van der Waals surface area contributed by atoms with Gasteiger partial charge in [-0.15, -0.1) is 0 Å². The van der Waals surface area contributed by atoms with Gasteiger partial charge in [0.05, 0.1) is 19.3 Å². The molecule has 0 spiro atoms. The van der Waals surface area contributed by atoms with Crippen LogP contribution in [0.5, 0.6) is 0 Å². The van der Waals surface area contributed by atoms with Gasteiger partial charge < -0.3 is 24.8 Å². The molecule has 18 heavy (non-hydrogen) atoms. The van der Waals surface area contributed by atoms with Gasteiger partial charge in [-0.05, 0) is 0 Å². The Labute approximate surface area is 104 Å². The number of carbonyl (C=O) groups excluding carboxylic acids is 1. The summed E-state index contributed by atoms with van der Waals surface area (Å²) in [5.41, 5.74) is 0. The van der Waals surface area contributed by atoms with Crippen molar-refractivity contribution in [1.82, 2.24) is 5.32 Å². The molecule has 1 fully saturated rings. The lowest BCUT2D eigenvalue weighted by atomic mass is 9.98. The van der Waals surface area contributed by atoms with Crippen LogP contribution in [-0.4, -0.2) is 66.7 Å². The molecule has 0 saturated carbocycles. The molecule has 1 aliphatic rings. The number of ether oxygens (including phenoxy) is 1. The Morgan fingerprint density at radius 2 is 2.22 bits per heavy atom. The van der Waals surface area contributed by atoms with E-state index in [0.29, 0.717) is 0 Å². The molecule has 9 nitrogen and oxygen atoms in total. The summed E-state index contributed by atoms with van der Waals surface area (Å²) in [5, 5.41) is 21.1. The number of aliphatic hydroxyl groups is 2. The van der Waals surface area contributed by atoms with Crippen molar-refractivity contribution < 1.29 is 36.9 Å². The maximum atomic E-state index is 10.9. The minimum Gasteiger partial charge on any atom is -0.726 e. The number of rotatable bonds is 4. The van der Waals surface area contributed by atoms with E-state index in [0.717, 1.165) is 0 Å². The molecule has 0 aromatic heterocycles. The number of hydrogen-bond acceptors (Lipinski definition) is 8. The summed E-state index contributed by atoms with van der Waals surface area (Å²) in [6.45, 7) is 0.430. The summed E-state index contributed by atoms with van der Waals surface area (Å²) >= 11 is 0. The van der Waals surface area contributed by atoms with E-state index >= 15 is 0 Å². The van der Waals surface area contributed by atoms with Crippen molar-refractivity contribution in [2.75, 3.05) is 13.2 Å². The van der Waals surface area contributed by atoms with E-state index in [1.807, 2.05) is 0 Å². The Morgan fingerprint density at radius 3 is 2.67 bits per heavy atom. The van der Waals surface area contributed by atoms with E-state index in [4.69, 9.17) is 9.84 Å². The van der Waals surface area contributed by atoms with Crippen LogP contribution >= 0.6 is 0 Å². The Morgan fingerprint density at radius 1 is 1.61 bits per heavy atom. The van der Waals surface area contributed by atoms with E-state index in [9.17, 15) is 22.9 Å². The lowest BCUT2D eigenvalue weighted by Gasteiger charge is -2.39. The maximum Gasteiger partial charge on any atom is 0.218 e. The molecule has 106 valence electrons. The van der Waals surface area contributed by atoms with Crippen molar-refractivity contribution in [1.29, 1.82) is 0 Å². The predicted molar refractivity (Wildman–Crippen MR) is 55.0 cm³/mol. The third-order valence-corrected chi connectivity index (χ3v) is 2.86. The van der Waals surface area contributed by atoms with Crippen LogP contribution in [0.15, 0.2) is 0 Å². The van der Waals surface area contributed by atoms with Crippen LogP contribution in [0, 0.1) is 0 Å². The molecule has 0 radical (unpaired) electrons. The zero-order valence-corrected chi connectivity index (χ0v) is 10.3. The van der Waals surface area contributed by atoms with E-state index in [1.165, 1.54) is 6.92 Å². The van der Waals surface area contributed by atoms with Crippen molar-refractivity contribution in [2.24, 2.45) is 0 Å². The van der Waals surface area contributed by atoms with Gasteiger partial charge in [-0.25, -0.2) is 8.42 Å². The first-order valence-corrected chi connectivity index (χ1v) is 6.39. The van der Waals surface area contributed by atoms with Gasteiger partial charge >= 0.3 is 0 Å². The standard InChI is InChI=1S/C8H15NO8S/c1-4(11)9-5-3-16-6(2-10)8(7(5)12)17-18(13,14)15/h5-8,10,12H,2-3H2,1H3,(H,9,11)(H,13,14,15)/p-1. The van der Waals surface area contributed by atoms with Gasteiger partial charge in [-0.3, -0.25) is 8.98 Å². The highest BCUT2D eigenvalue weighted by Crippen LogP contribution is 2.20. The summed E-state index contributed by atoms with van der Waals surface area (Å²) in [6.07, 6.45) is -4.21. The van der Waals surface area contributed by atoms with Crippen LogP contribution in [0.2, 0.25) is 0 Å². The van der Waals surface area contributed by atoms with Crippen molar-refractivity contribution >= 4 is 16.3 Å². The van der Waals surface area contributed by atoms with Crippen LogP contribution < -0.4 is 5.32 Å². The van der Waals surface area contributed by atoms with E-state index in [2.05, 4.69) is 9.50 Å². The molecule has 0 bridgehead atoms. The summed E-state index contributed by atoms with van der Waals surface area (Å²) in [4.78, 5) is 10.9. The number of amides is 1. The molecule has 3 N–H and O–H groups in total. The van der Waals surface area contributed by atoms with Gasteiger partial charge in [0.2, 0.25) is 16.3 Å². The van der Waals surface area contributed by atoms with E-state index in [-0.39, 0.29) is 6.61 Å². The van der Waals surface area contributed by atoms with Crippen LogP contribution in [0.3, 0.4) is 0 Å². The fourth-order valence-corrected chi connectivity index (χ4v) is 2.18. The first-order valence-electron chi connectivity index (χ1n) is 5.06. The van der Waals surface area contributed by atoms with E-state index in [1.54, 1.807) is 0 Å². The third-order valence-electron chi connectivity index (χ3n) is 2.40. The molecule has 10 heteroatoms. The van der Waals surface area contributed by atoms with Crippen LogP contribution in [0.25, 0.3) is 0 Å². The average Bonchev–Trinajstić information content (AvgIpc) is 2.22. The first-order chi connectivity index (χ1) is 8.24. The predicted octanol–water partition coefficient (Wildman–Crippen LogP) is -2.91. The molecule has 1 aliphatic heterocycles. The molecule has 0 aromatic rings. The molecule has 1 heterocycles. The average molecular weight is 284 g/mol. The molecule has 1 amide bonds. The smallest absolute Gasteiger partial charge is 0.218 e. The largest absolute Gasteiger partial charge is 0.726 e. The van der Waals surface area contributed by atoms with Crippen molar-refractivity contribution in [3.63, 3.8) is 0 Å². The molecule has 1 saturated heterocycles. The Bertz CT molecular complexity index is 396. The van der Waals surface area contributed by atoms with Gasteiger partial charge in [0.25, 0.3) is 0 Å². The monoisotopic (exact) mass is 284 g/mol. The SMILES string of the molecule is CC(=O)NC1COC(CO)C(OS(=O)(=O)[O-])C1O. The van der Waals surface area contributed by atoms with Crippen LogP contribution in [0.4, 0.5) is 0 Å².